The van der Waals surface area contributed by atoms with E-state index < -0.39 is 24.8 Å². The van der Waals surface area contributed by atoms with E-state index in [0.717, 1.165) is 5.56 Å². The summed E-state index contributed by atoms with van der Waals surface area (Å²) in [5.74, 6) is -0.241. The number of hydrogen-bond acceptors (Lipinski definition) is 6. The zero-order valence-corrected chi connectivity index (χ0v) is 14.1. The van der Waals surface area contributed by atoms with Crippen molar-refractivity contribution in [3.63, 3.8) is 0 Å². The number of aliphatic hydroxyl groups is 1. The van der Waals surface area contributed by atoms with Crippen LogP contribution in [-0.4, -0.2) is 49.5 Å². The molecule has 0 saturated carbocycles. The van der Waals surface area contributed by atoms with E-state index in [9.17, 15) is 5.11 Å². The van der Waals surface area contributed by atoms with Crippen molar-refractivity contribution in [2.24, 2.45) is 11.0 Å². The number of azide groups is 1. The fraction of sp³-hybridized carbons (Fsp3) is 0.647. The van der Waals surface area contributed by atoms with Gasteiger partial charge in [-0.05, 0) is 12.0 Å². The van der Waals surface area contributed by atoms with Gasteiger partial charge in [-0.2, -0.15) is 0 Å². The highest BCUT2D eigenvalue weighted by molar-refractivity contribution is 5.16. The topological polar surface area (TPSA) is 106 Å². The molecule has 0 spiro atoms. The Kier molecular flexibility index (Phi) is 6.25. The quantitative estimate of drug-likeness (QED) is 0.368. The van der Waals surface area contributed by atoms with Crippen LogP contribution in [0.2, 0.25) is 0 Å². The highest BCUT2D eigenvalue weighted by Crippen LogP contribution is 2.36. The number of benzene rings is 1. The lowest BCUT2D eigenvalue weighted by molar-refractivity contribution is -0.351. The van der Waals surface area contributed by atoms with Gasteiger partial charge in [0, 0.05) is 29.5 Å². The zero-order valence-electron chi connectivity index (χ0n) is 14.1. The van der Waals surface area contributed by atoms with Gasteiger partial charge in [-0.1, -0.05) is 42.4 Å². The minimum atomic E-state index is -0.712. The van der Waals surface area contributed by atoms with E-state index in [0.29, 0.717) is 26.2 Å². The minimum absolute atomic E-state index is 0.241. The van der Waals surface area contributed by atoms with Crippen molar-refractivity contribution in [1.29, 1.82) is 0 Å². The molecule has 0 bridgehead atoms. The molecule has 0 radical (unpaired) electrons. The average molecular weight is 349 g/mol. The molecule has 1 aromatic rings. The Hall–Kier alpha value is -1.67. The molecule has 6 atom stereocenters. The van der Waals surface area contributed by atoms with E-state index in [1.807, 2.05) is 37.3 Å². The van der Waals surface area contributed by atoms with Crippen molar-refractivity contribution >= 4 is 0 Å². The molecule has 2 aliphatic rings. The van der Waals surface area contributed by atoms with Crippen molar-refractivity contribution in [3.05, 3.63) is 46.3 Å². The number of rotatable bonds is 6. The summed E-state index contributed by atoms with van der Waals surface area (Å²) in [6.45, 7) is 2.96. The average Bonchev–Trinajstić information content (AvgIpc) is 2.66. The summed E-state index contributed by atoms with van der Waals surface area (Å²) in [5, 5.41) is 14.1. The van der Waals surface area contributed by atoms with Crippen LogP contribution in [0.3, 0.4) is 0 Å². The van der Waals surface area contributed by atoms with Crippen molar-refractivity contribution in [1.82, 2.24) is 0 Å². The highest BCUT2D eigenvalue weighted by Gasteiger charge is 2.47. The molecule has 1 aromatic carbocycles. The van der Waals surface area contributed by atoms with Gasteiger partial charge in [0.25, 0.3) is 0 Å². The fourth-order valence-corrected chi connectivity index (χ4v) is 3.08. The minimum Gasteiger partial charge on any atom is -0.390 e. The molecule has 25 heavy (non-hydrogen) atoms. The van der Waals surface area contributed by atoms with E-state index >= 15 is 0 Å². The maximum Gasteiger partial charge on any atom is 0.184 e. The molecule has 3 rings (SSSR count). The standard InChI is InChI=1S/C17H23N3O5/c1-11-14(21)15-13(24-16(11)22-9-5-8-19-20-18)10-23-17(25-15)12-6-3-2-4-7-12/h2-4,6-7,11,13-17,21H,5,8-10H2,1H3/t11?,13?,14-,15-,16-,17?/m1/s1. The Balaban J connectivity index is 1.57. The largest absolute Gasteiger partial charge is 0.390 e. The Morgan fingerprint density at radius 3 is 2.88 bits per heavy atom. The van der Waals surface area contributed by atoms with Crippen molar-refractivity contribution in [2.75, 3.05) is 19.8 Å². The Morgan fingerprint density at radius 2 is 2.12 bits per heavy atom. The third-order valence-electron chi connectivity index (χ3n) is 4.49. The van der Waals surface area contributed by atoms with Crippen LogP contribution >= 0.6 is 0 Å². The monoisotopic (exact) mass is 349 g/mol. The molecule has 3 unspecified atom stereocenters. The molecular weight excluding hydrogens is 326 g/mol. The van der Waals surface area contributed by atoms with Crippen LogP contribution in [0.25, 0.3) is 10.4 Å². The molecule has 8 heteroatoms. The molecule has 1 N–H and O–H groups in total. The second-order valence-corrected chi connectivity index (χ2v) is 6.25. The van der Waals surface area contributed by atoms with Crippen LogP contribution in [0.5, 0.6) is 0 Å². The van der Waals surface area contributed by atoms with Crippen LogP contribution in [0.1, 0.15) is 25.2 Å². The summed E-state index contributed by atoms with van der Waals surface area (Å²) >= 11 is 0. The maximum absolute atomic E-state index is 10.6. The number of nitrogens with zero attached hydrogens (tertiary/aromatic N) is 3. The lowest BCUT2D eigenvalue weighted by atomic mass is 9.91. The second-order valence-electron chi connectivity index (χ2n) is 6.25. The van der Waals surface area contributed by atoms with Crippen LogP contribution in [0, 0.1) is 5.92 Å². The highest BCUT2D eigenvalue weighted by atomic mass is 16.7. The lowest BCUT2D eigenvalue weighted by Gasteiger charge is -2.47. The first kappa shape index (κ1) is 18.1. The molecule has 2 heterocycles. The summed E-state index contributed by atoms with van der Waals surface area (Å²) in [7, 11) is 0. The summed E-state index contributed by atoms with van der Waals surface area (Å²) < 4.78 is 23.3. The number of hydrogen-bond donors (Lipinski definition) is 1. The van der Waals surface area contributed by atoms with Gasteiger partial charge < -0.3 is 24.1 Å². The van der Waals surface area contributed by atoms with Crippen LogP contribution < -0.4 is 0 Å². The van der Waals surface area contributed by atoms with E-state index in [1.54, 1.807) is 0 Å². The molecule has 2 fully saturated rings. The van der Waals surface area contributed by atoms with Crippen LogP contribution in [0.4, 0.5) is 0 Å². The van der Waals surface area contributed by atoms with E-state index in [1.165, 1.54) is 0 Å². The Bertz CT molecular complexity index is 593. The first-order valence-corrected chi connectivity index (χ1v) is 8.48. The lowest BCUT2D eigenvalue weighted by Crippen LogP contribution is -2.59. The predicted octanol–water partition coefficient (Wildman–Crippen LogP) is 2.54. The normalized spacial score (nSPS) is 34.8. The van der Waals surface area contributed by atoms with E-state index in [-0.39, 0.29) is 12.0 Å². The second kappa shape index (κ2) is 8.62. The van der Waals surface area contributed by atoms with Gasteiger partial charge in [0.1, 0.15) is 12.2 Å². The van der Waals surface area contributed by atoms with Gasteiger partial charge in [0.15, 0.2) is 12.6 Å². The maximum atomic E-state index is 10.6. The zero-order chi connectivity index (χ0) is 17.6. The number of aliphatic hydroxyl groups excluding tert-OH is 1. The fourth-order valence-electron chi connectivity index (χ4n) is 3.08. The molecule has 2 aliphatic heterocycles. The first-order valence-electron chi connectivity index (χ1n) is 8.48. The third-order valence-corrected chi connectivity index (χ3v) is 4.49. The summed E-state index contributed by atoms with van der Waals surface area (Å²) in [6.07, 6.45) is -2.00. The van der Waals surface area contributed by atoms with E-state index in [4.69, 9.17) is 24.5 Å². The SMILES string of the molecule is CC1[C@H](OCCCN=[N+]=[N-])OC2COC(c3ccccc3)O[C@H]2[C@@H]1O. The van der Waals surface area contributed by atoms with Crippen molar-refractivity contribution in [2.45, 2.75) is 44.2 Å². The van der Waals surface area contributed by atoms with Crippen molar-refractivity contribution in [3.8, 4) is 0 Å². The number of fused-ring (bicyclic) bond motifs is 1. The van der Waals surface area contributed by atoms with Gasteiger partial charge in [0.2, 0.25) is 0 Å². The van der Waals surface area contributed by atoms with Gasteiger partial charge >= 0.3 is 0 Å². The molecule has 0 aliphatic carbocycles. The van der Waals surface area contributed by atoms with Gasteiger partial charge in [0.05, 0.1) is 12.7 Å². The first-order chi connectivity index (χ1) is 12.2. The van der Waals surface area contributed by atoms with Gasteiger partial charge in [-0.25, -0.2) is 0 Å². The van der Waals surface area contributed by atoms with E-state index in [2.05, 4.69) is 10.0 Å². The molecular formula is C17H23N3O5. The molecule has 2 saturated heterocycles. The smallest absolute Gasteiger partial charge is 0.184 e. The molecule has 136 valence electrons. The number of ether oxygens (including phenoxy) is 4. The molecule has 0 amide bonds. The Labute approximate surface area is 146 Å². The van der Waals surface area contributed by atoms with Gasteiger partial charge in [-0.15, -0.1) is 0 Å². The summed E-state index contributed by atoms with van der Waals surface area (Å²) in [4.78, 5) is 2.70. The molecule has 0 aromatic heterocycles. The Morgan fingerprint density at radius 1 is 1.32 bits per heavy atom. The van der Waals surface area contributed by atoms with Crippen molar-refractivity contribution < 1.29 is 24.1 Å². The summed E-state index contributed by atoms with van der Waals surface area (Å²) in [6, 6.07) is 9.63. The van der Waals surface area contributed by atoms with Gasteiger partial charge in [-0.3, -0.25) is 0 Å². The predicted molar refractivity (Wildman–Crippen MR) is 88.4 cm³/mol. The van der Waals surface area contributed by atoms with Crippen LogP contribution in [0.15, 0.2) is 35.4 Å². The van der Waals surface area contributed by atoms with Crippen LogP contribution in [-0.2, 0) is 18.9 Å². The summed E-state index contributed by atoms with van der Waals surface area (Å²) in [5.41, 5.74) is 9.17. The third kappa shape index (κ3) is 4.30. The molecule has 8 nitrogen and oxygen atoms in total.